The van der Waals surface area contributed by atoms with Gasteiger partial charge in [-0.1, -0.05) is 24.8 Å². The second kappa shape index (κ2) is 11.0. The average molecular weight is 394 g/mol. The van der Waals surface area contributed by atoms with Crippen LogP contribution < -0.4 is 9.47 Å². The van der Waals surface area contributed by atoms with E-state index in [2.05, 4.69) is 11.6 Å². The van der Waals surface area contributed by atoms with Gasteiger partial charge in [0.1, 0.15) is 17.3 Å². The van der Waals surface area contributed by atoms with Gasteiger partial charge in [0.2, 0.25) is 0 Å². The van der Waals surface area contributed by atoms with Crippen LogP contribution in [-0.2, 0) is 0 Å². The maximum atomic E-state index is 14.2. The zero-order valence-electron chi connectivity index (χ0n) is 17.4. The number of aliphatic imine (C=N–C) groups is 1. The molecule has 2 aromatic carbocycles. The summed E-state index contributed by atoms with van der Waals surface area (Å²) in [6.07, 6.45) is 8.82. The summed E-state index contributed by atoms with van der Waals surface area (Å²) in [6, 6.07) is 12.6. The van der Waals surface area contributed by atoms with Gasteiger partial charge in [0.15, 0.2) is 0 Å². The van der Waals surface area contributed by atoms with Gasteiger partial charge in [-0.3, -0.25) is 4.99 Å². The van der Waals surface area contributed by atoms with Gasteiger partial charge in [-0.2, -0.15) is 0 Å². The van der Waals surface area contributed by atoms with E-state index in [9.17, 15) is 4.39 Å². The number of allylic oxidation sites excluding steroid dienone is 3. The lowest BCUT2D eigenvalue weighted by Crippen LogP contribution is -2.05. The van der Waals surface area contributed by atoms with E-state index in [0.717, 1.165) is 11.3 Å². The van der Waals surface area contributed by atoms with Crippen molar-refractivity contribution >= 4 is 17.9 Å². The Hall–Kier alpha value is -3.14. The number of rotatable bonds is 9. The second-order valence-electron chi connectivity index (χ2n) is 7.04. The first-order valence-electron chi connectivity index (χ1n) is 9.63. The van der Waals surface area contributed by atoms with Crippen molar-refractivity contribution in [2.24, 2.45) is 4.99 Å². The van der Waals surface area contributed by atoms with Gasteiger partial charge in [-0.25, -0.2) is 4.39 Å². The summed E-state index contributed by atoms with van der Waals surface area (Å²) in [6.45, 7) is 11.7. The summed E-state index contributed by atoms with van der Waals surface area (Å²) in [5.74, 6) is 0.992. The Balaban J connectivity index is 1.89. The van der Waals surface area contributed by atoms with E-state index < -0.39 is 0 Å². The predicted molar refractivity (Wildman–Crippen MR) is 120 cm³/mol. The first kappa shape index (κ1) is 22.2. The zero-order valence-corrected chi connectivity index (χ0v) is 17.4. The van der Waals surface area contributed by atoms with Crippen molar-refractivity contribution in [2.75, 3.05) is 0 Å². The van der Waals surface area contributed by atoms with Crippen molar-refractivity contribution in [2.45, 2.75) is 39.9 Å². The number of nitrogens with zero attached hydrogens (tertiary/aromatic N) is 1. The van der Waals surface area contributed by atoms with Crippen molar-refractivity contribution in [1.29, 1.82) is 0 Å². The van der Waals surface area contributed by atoms with Crippen LogP contribution in [0.2, 0.25) is 0 Å². The molecule has 0 unspecified atom stereocenters. The highest BCUT2D eigenvalue weighted by Crippen LogP contribution is 2.23. The molecule has 29 heavy (non-hydrogen) atoms. The minimum absolute atomic E-state index is 0.000997. The van der Waals surface area contributed by atoms with E-state index in [1.807, 2.05) is 58.0 Å². The third-order valence-corrected chi connectivity index (χ3v) is 3.73. The molecule has 152 valence electrons. The van der Waals surface area contributed by atoms with Gasteiger partial charge < -0.3 is 9.47 Å². The van der Waals surface area contributed by atoms with E-state index in [-0.39, 0.29) is 18.0 Å². The van der Waals surface area contributed by atoms with Crippen LogP contribution in [0, 0.1) is 5.82 Å². The molecule has 2 aromatic rings. The first-order valence-corrected chi connectivity index (χ1v) is 9.63. The molecule has 0 heterocycles. The van der Waals surface area contributed by atoms with Crippen molar-refractivity contribution < 1.29 is 13.9 Å². The van der Waals surface area contributed by atoms with Gasteiger partial charge in [0.05, 0.1) is 12.2 Å². The van der Waals surface area contributed by atoms with Gasteiger partial charge in [0, 0.05) is 24.0 Å². The molecule has 4 heteroatoms. The molecule has 0 aliphatic heterocycles. The third kappa shape index (κ3) is 7.78. The van der Waals surface area contributed by atoms with Crippen LogP contribution >= 0.6 is 0 Å². The summed E-state index contributed by atoms with van der Waals surface area (Å²) in [4.78, 5) is 4.19. The van der Waals surface area contributed by atoms with E-state index in [4.69, 9.17) is 9.47 Å². The molecule has 0 bridgehead atoms. The minimum atomic E-state index is -0.362. The molecule has 0 aromatic heterocycles. The second-order valence-corrected chi connectivity index (χ2v) is 7.04. The maximum absolute atomic E-state index is 14.2. The molecular weight excluding hydrogens is 365 g/mol. The standard InChI is InChI=1S/C25H28FNO2/c1-18(2)28-22-10-8-21(9-11-22)14-16-27-15-6-7-20(5)24-13-12-23(17-25(24)26)29-19(3)4/h6-19H,5H2,1-4H3/b7-6-,16-14+,27-15+. The average Bonchev–Trinajstić information content (AvgIpc) is 2.65. The number of halogens is 1. The van der Waals surface area contributed by atoms with Crippen LogP contribution in [0.1, 0.15) is 38.8 Å². The lowest BCUT2D eigenvalue weighted by Gasteiger charge is -2.11. The van der Waals surface area contributed by atoms with Gasteiger partial charge in [-0.05, 0) is 75.2 Å². The Morgan fingerprint density at radius 1 is 0.966 bits per heavy atom. The number of ether oxygens (including phenoxy) is 2. The van der Waals surface area contributed by atoms with E-state index >= 15 is 0 Å². The van der Waals surface area contributed by atoms with Crippen LogP contribution in [0.5, 0.6) is 11.5 Å². The first-order chi connectivity index (χ1) is 13.8. The van der Waals surface area contributed by atoms with Crippen LogP contribution in [-0.4, -0.2) is 18.4 Å². The molecule has 0 aliphatic rings. The van der Waals surface area contributed by atoms with Gasteiger partial charge in [0.25, 0.3) is 0 Å². The van der Waals surface area contributed by atoms with Gasteiger partial charge in [-0.15, -0.1) is 0 Å². The molecule has 0 spiro atoms. The normalized spacial score (nSPS) is 12.0. The molecule has 3 nitrogen and oxygen atoms in total. The Morgan fingerprint density at radius 3 is 2.21 bits per heavy atom. The maximum Gasteiger partial charge on any atom is 0.134 e. The lowest BCUT2D eigenvalue weighted by molar-refractivity contribution is 0.241. The summed E-state index contributed by atoms with van der Waals surface area (Å²) < 4.78 is 25.3. The van der Waals surface area contributed by atoms with Crippen LogP contribution in [0.3, 0.4) is 0 Å². The fourth-order valence-electron chi connectivity index (χ4n) is 2.51. The largest absolute Gasteiger partial charge is 0.491 e. The minimum Gasteiger partial charge on any atom is -0.491 e. The summed E-state index contributed by atoms with van der Waals surface area (Å²) in [5.41, 5.74) is 2.03. The molecule has 0 saturated carbocycles. The highest BCUT2D eigenvalue weighted by atomic mass is 19.1. The van der Waals surface area contributed by atoms with Crippen LogP contribution in [0.15, 0.2) is 72.4 Å². The van der Waals surface area contributed by atoms with Crippen molar-refractivity contribution in [1.82, 2.24) is 0 Å². The molecule has 0 fully saturated rings. The smallest absolute Gasteiger partial charge is 0.134 e. The third-order valence-electron chi connectivity index (χ3n) is 3.73. The Morgan fingerprint density at radius 2 is 1.59 bits per heavy atom. The molecule has 2 rings (SSSR count). The predicted octanol–water partition coefficient (Wildman–Crippen LogP) is 6.71. The SMILES string of the molecule is C=C(\C=C/C=N/C=C/c1ccc(OC(C)C)cc1)c1ccc(OC(C)C)cc1F. The van der Waals surface area contributed by atoms with Crippen LogP contribution in [0.25, 0.3) is 11.6 Å². The molecule has 0 radical (unpaired) electrons. The number of hydrogen-bond donors (Lipinski definition) is 0. The summed E-state index contributed by atoms with van der Waals surface area (Å²) in [7, 11) is 0. The Bertz CT molecular complexity index is 894. The lowest BCUT2D eigenvalue weighted by atomic mass is 10.1. The molecule has 0 N–H and O–H groups in total. The monoisotopic (exact) mass is 393 g/mol. The highest BCUT2D eigenvalue weighted by molar-refractivity contribution is 5.81. The van der Waals surface area contributed by atoms with E-state index in [0.29, 0.717) is 16.9 Å². The highest BCUT2D eigenvalue weighted by Gasteiger charge is 2.06. The van der Waals surface area contributed by atoms with Crippen molar-refractivity contribution in [3.8, 4) is 11.5 Å². The van der Waals surface area contributed by atoms with Crippen molar-refractivity contribution in [3.63, 3.8) is 0 Å². The van der Waals surface area contributed by atoms with E-state index in [1.54, 1.807) is 36.7 Å². The molecular formula is C25H28FNO2. The molecule has 0 saturated heterocycles. The van der Waals surface area contributed by atoms with Crippen molar-refractivity contribution in [3.05, 3.63) is 84.3 Å². The molecule has 0 amide bonds. The molecule has 0 atom stereocenters. The number of hydrogen-bond acceptors (Lipinski definition) is 3. The summed E-state index contributed by atoms with van der Waals surface area (Å²) >= 11 is 0. The van der Waals surface area contributed by atoms with Crippen LogP contribution in [0.4, 0.5) is 4.39 Å². The quantitative estimate of drug-likeness (QED) is 0.350. The zero-order chi connectivity index (χ0) is 21.2. The summed E-state index contributed by atoms with van der Waals surface area (Å²) in [5, 5.41) is 0. The fourth-order valence-corrected chi connectivity index (χ4v) is 2.51. The Labute approximate surface area is 172 Å². The fraction of sp³-hybridized carbons (Fsp3) is 0.240. The van der Waals surface area contributed by atoms with E-state index in [1.165, 1.54) is 6.07 Å². The number of benzene rings is 2. The molecule has 0 aliphatic carbocycles. The topological polar surface area (TPSA) is 30.8 Å². The Kier molecular flexibility index (Phi) is 8.41. The van der Waals surface area contributed by atoms with Gasteiger partial charge >= 0.3 is 0 Å².